The number of allylic oxidation sites excluding steroid dienone is 2. The molecule has 2 aliphatic heterocycles. The highest BCUT2D eigenvalue weighted by Crippen LogP contribution is 2.54. The summed E-state index contributed by atoms with van der Waals surface area (Å²) in [6.45, 7) is 3.34. The van der Waals surface area contributed by atoms with Gasteiger partial charge in [-0.15, -0.1) is 0 Å². The van der Waals surface area contributed by atoms with E-state index in [2.05, 4.69) is 6.58 Å². The molecular weight excluding hydrogens is 276 g/mol. The molecule has 2 aliphatic carbocycles. The molecule has 2 heterocycles. The molecule has 6 heteroatoms. The second kappa shape index (κ2) is 4.35. The van der Waals surface area contributed by atoms with E-state index in [1.807, 2.05) is 12.2 Å². The topological polar surface area (TPSA) is 69.8 Å². The van der Waals surface area contributed by atoms with Crippen LogP contribution in [0.2, 0.25) is 0 Å². The lowest BCUT2D eigenvalue weighted by molar-refractivity contribution is -0.263. The monoisotopic (exact) mass is 292 g/mol. The van der Waals surface area contributed by atoms with E-state index in [1.165, 1.54) is 0 Å². The molecule has 6 nitrogen and oxygen atoms in total. The molecule has 0 aromatic carbocycles. The van der Waals surface area contributed by atoms with Crippen LogP contribution in [-0.2, 0) is 28.5 Å². The second-order valence-electron chi connectivity index (χ2n) is 5.42. The van der Waals surface area contributed by atoms with Crippen LogP contribution >= 0.6 is 0 Å². The molecule has 112 valence electrons. The largest absolute Gasteiger partial charge is 0.457 e. The molecule has 2 atom stereocenters. The van der Waals surface area contributed by atoms with E-state index >= 15 is 0 Å². The normalized spacial score (nSPS) is 35.4. The van der Waals surface area contributed by atoms with Crippen LogP contribution in [0, 0.1) is 0 Å². The van der Waals surface area contributed by atoms with Gasteiger partial charge in [0.2, 0.25) is 6.29 Å². The first-order valence-electron chi connectivity index (χ1n) is 7.10. The predicted molar refractivity (Wildman–Crippen MR) is 69.4 cm³/mol. The van der Waals surface area contributed by atoms with E-state index in [9.17, 15) is 4.79 Å². The maximum absolute atomic E-state index is 11.2. The van der Waals surface area contributed by atoms with Crippen molar-refractivity contribution in [2.45, 2.75) is 43.5 Å². The number of rotatable bonds is 7. The van der Waals surface area contributed by atoms with Gasteiger partial charge in [0.05, 0.1) is 0 Å². The Balaban J connectivity index is 1.41. The van der Waals surface area contributed by atoms with E-state index in [0.29, 0.717) is 0 Å². The third kappa shape index (κ3) is 2.15. The molecule has 0 saturated carbocycles. The van der Waals surface area contributed by atoms with Crippen LogP contribution in [0.25, 0.3) is 0 Å². The summed E-state index contributed by atoms with van der Waals surface area (Å²) in [5, 5.41) is 0. The van der Waals surface area contributed by atoms with Crippen molar-refractivity contribution in [1.82, 2.24) is 0 Å². The SMILES string of the molecule is C=CC(=O)OCC(OC12CCC=C1O2)OC12CCC=C1O2. The third-order valence-corrected chi connectivity index (χ3v) is 4.00. The van der Waals surface area contributed by atoms with Gasteiger partial charge in [-0.1, -0.05) is 6.58 Å². The van der Waals surface area contributed by atoms with Crippen LogP contribution in [0.4, 0.5) is 0 Å². The van der Waals surface area contributed by atoms with Crippen LogP contribution in [0.3, 0.4) is 0 Å². The van der Waals surface area contributed by atoms with Gasteiger partial charge in [-0.25, -0.2) is 4.79 Å². The Labute approximate surface area is 121 Å². The Hall–Kier alpha value is -1.79. The van der Waals surface area contributed by atoms with Gasteiger partial charge in [0.15, 0.2) is 11.5 Å². The predicted octanol–water partition coefficient (Wildman–Crippen LogP) is 1.88. The molecule has 4 aliphatic rings. The first-order valence-corrected chi connectivity index (χ1v) is 7.10. The Bertz CT molecular complexity index is 527. The second-order valence-corrected chi connectivity index (χ2v) is 5.42. The summed E-state index contributed by atoms with van der Waals surface area (Å²) in [4.78, 5) is 11.2. The molecule has 2 unspecified atom stereocenters. The molecule has 2 fully saturated rings. The third-order valence-electron chi connectivity index (χ3n) is 4.00. The number of fused-ring (bicyclic) bond motifs is 2. The molecule has 0 N–H and O–H groups in total. The van der Waals surface area contributed by atoms with Gasteiger partial charge in [0.25, 0.3) is 11.6 Å². The van der Waals surface area contributed by atoms with Gasteiger partial charge >= 0.3 is 5.97 Å². The summed E-state index contributed by atoms with van der Waals surface area (Å²) >= 11 is 0. The smallest absolute Gasteiger partial charge is 0.330 e. The fourth-order valence-corrected chi connectivity index (χ4v) is 2.84. The lowest BCUT2D eigenvalue weighted by Gasteiger charge is -2.22. The minimum atomic E-state index is -0.734. The average molecular weight is 292 g/mol. The molecule has 0 radical (unpaired) electrons. The quantitative estimate of drug-likeness (QED) is 0.309. The number of hydrogen-bond donors (Lipinski definition) is 0. The lowest BCUT2D eigenvalue weighted by Crippen LogP contribution is -2.35. The van der Waals surface area contributed by atoms with Crippen molar-refractivity contribution in [3.63, 3.8) is 0 Å². The lowest BCUT2D eigenvalue weighted by atomic mass is 10.3. The van der Waals surface area contributed by atoms with Crippen LogP contribution in [0.15, 0.2) is 36.3 Å². The summed E-state index contributed by atoms with van der Waals surface area (Å²) in [5.41, 5.74) is 0. The van der Waals surface area contributed by atoms with Crippen molar-refractivity contribution in [3.05, 3.63) is 36.3 Å². The first-order chi connectivity index (χ1) is 10.2. The molecular formula is C15H16O6. The Morgan fingerprint density at radius 2 is 1.81 bits per heavy atom. The molecule has 21 heavy (non-hydrogen) atoms. The highest BCUT2D eigenvalue weighted by molar-refractivity contribution is 5.81. The Kier molecular flexibility index (Phi) is 2.68. The zero-order chi connectivity index (χ0) is 14.5. The minimum absolute atomic E-state index is 0.0262. The highest BCUT2D eigenvalue weighted by atomic mass is 16.9. The van der Waals surface area contributed by atoms with E-state index in [-0.39, 0.29) is 6.61 Å². The summed E-state index contributed by atoms with van der Waals surface area (Å²) in [6, 6.07) is 0. The fourth-order valence-electron chi connectivity index (χ4n) is 2.84. The fraction of sp³-hybridized carbons (Fsp3) is 0.533. The number of carbonyl (C=O) groups is 1. The average Bonchev–Trinajstić information content (AvgIpc) is 3.25. The molecule has 0 bridgehead atoms. The summed E-state index contributed by atoms with van der Waals surface area (Å²) < 4.78 is 27.7. The standard InChI is InChI=1S/C15H16O6/c1-2-12(16)17-9-13(20-14-7-3-5-10(14)18-14)21-15-8-4-6-11(15)19-15/h2,5-6,13H,1,3-4,7-9H2. The minimum Gasteiger partial charge on any atom is -0.457 e. The van der Waals surface area contributed by atoms with Gasteiger partial charge in [-0.3, -0.25) is 0 Å². The first kappa shape index (κ1) is 12.9. The van der Waals surface area contributed by atoms with Gasteiger partial charge in [0, 0.05) is 18.9 Å². The Morgan fingerprint density at radius 3 is 2.19 bits per heavy atom. The van der Waals surface area contributed by atoms with Gasteiger partial charge < -0.3 is 23.7 Å². The molecule has 0 aromatic rings. The molecule has 0 spiro atoms. The summed E-state index contributed by atoms with van der Waals surface area (Å²) in [5.74, 6) is -0.205. The molecule has 0 amide bonds. The van der Waals surface area contributed by atoms with Crippen molar-refractivity contribution in [2.24, 2.45) is 0 Å². The van der Waals surface area contributed by atoms with Crippen molar-refractivity contribution in [2.75, 3.05) is 6.61 Å². The van der Waals surface area contributed by atoms with E-state index in [1.54, 1.807) is 0 Å². The molecule has 4 rings (SSSR count). The van der Waals surface area contributed by atoms with Crippen molar-refractivity contribution >= 4 is 5.97 Å². The number of hydrogen-bond acceptors (Lipinski definition) is 6. The van der Waals surface area contributed by atoms with Crippen molar-refractivity contribution in [3.8, 4) is 0 Å². The summed E-state index contributed by atoms with van der Waals surface area (Å²) in [6.07, 6.45) is 7.72. The summed E-state index contributed by atoms with van der Waals surface area (Å²) in [7, 11) is 0. The van der Waals surface area contributed by atoms with E-state index in [4.69, 9.17) is 23.7 Å². The number of carbonyl (C=O) groups excluding carboxylic acids is 1. The van der Waals surface area contributed by atoms with Crippen molar-refractivity contribution < 1.29 is 28.5 Å². The highest BCUT2D eigenvalue weighted by Gasteiger charge is 2.62. The van der Waals surface area contributed by atoms with Gasteiger partial charge in [-0.2, -0.15) is 0 Å². The number of ether oxygens (including phenoxy) is 5. The van der Waals surface area contributed by atoms with Crippen LogP contribution in [0.5, 0.6) is 0 Å². The van der Waals surface area contributed by atoms with Gasteiger partial charge in [0.1, 0.15) is 6.61 Å². The molecule has 2 saturated heterocycles. The van der Waals surface area contributed by atoms with Crippen molar-refractivity contribution in [1.29, 1.82) is 0 Å². The zero-order valence-electron chi connectivity index (χ0n) is 11.5. The van der Waals surface area contributed by atoms with Crippen LogP contribution < -0.4 is 0 Å². The number of esters is 1. The maximum atomic E-state index is 11.2. The van der Waals surface area contributed by atoms with Gasteiger partial charge in [-0.05, 0) is 25.0 Å². The van der Waals surface area contributed by atoms with E-state index < -0.39 is 23.8 Å². The Morgan fingerprint density at radius 1 is 1.24 bits per heavy atom. The number of epoxide rings is 2. The van der Waals surface area contributed by atoms with Crippen LogP contribution in [0.1, 0.15) is 25.7 Å². The molecule has 0 aromatic heterocycles. The zero-order valence-corrected chi connectivity index (χ0v) is 11.5. The van der Waals surface area contributed by atoms with Crippen LogP contribution in [-0.4, -0.2) is 30.4 Å². The van der Waals surface area contributed by atoms with E-state index in [0.717, 1.165) is 43.3 Å². The maximum Gasteiger partial charge on any atom is 0.330 e.